The minimum absolute atomic E-state index is 0.0665. The zero-order chi connectivity index (χ0) is 19.6. The summed E-state index contributed by atoms with van der Waals surface area (Å²) >= 11 is 0. The number of anilines is 2. The van der Waals surface area contributed by atoms with Crippen LogP contribution < -0.4 is 10.6 Å². The Labute approximate surface area is 158 Å². The first kappa shape index (κ1) is 18.3. The van der Waals surface area contributed by atoms with Gasteiger partial charge in [-0.1, -0.05) is 6.92 Å². The zero-order valence-corrected chi connectivity index (χ0v) is 15.4. The molecule has 0 spiro atoms. The number of nitrogen functional groups attached to an aromatic ring is 1. The van der Waals surface area contributed by atoms with E-state index in [1.807, 2.05) is 18.2 Å². The number of nitriles is 2. The molecular formula is C20H21N5O2. The topological polar surface area (TPSA) is 108 Å². The van der Waals surface area contributed by atoms with Crippen molar-refractivity contribution < 1.29 is 9.53 Å². The van der Waals surface area contributed by atoms with Gasteiger partial charge < -0.3 is 19.9 Å². The van der Waals surface area contributed by atoms with Crippen LogP contribution in [0.1, 0.15) is 41.4 Å². The molecule has 1 aliphatic rings. The number of methoxy groups -OCH3 is 1. The van der Waals surface area contributed by atoms with E-state index in [4.69, 9.17) is 10.5 Å². The summed E-state index contributed by atoms with van der Waals surface area (Å²) < 4.78 is 6.31. The van der Waals surface area contributed by atoms with Gasteiger partial charge in [-0.15, -0.1) is 0 Å². The number of piperidine rings is 1. The van der Waals surface area contributed by atoms with E-state index < -0.39 is 5.97 Å². The van der Waals surface area contributed by atoms with Gasteiger partial charge in [-0.25, -0.2) is 4.79 Å². The summed E-state index contributed by atoms with van der Waals surface area (Å²) in [6.07, 6.45) is 3.78. The summed E-state index contributed by atoms with van der Waals surface area (Å²) in [6, 6.07) is 9.64. The summed E-state index contributed by atoms with van der Waals surface area (Å²) in [6.45, 7) is 4.04. The highest BCUT2D eigenvalue weighted by Gasteiger charge is 2.23. The van der Waals surface area contributed by atoms with E-state index in [0.29, 0.717) is 17.2 Å². The minimum Gasteiger partial charge on any atom is -0.464 e. The number of esters is 1. The van der Waals surface area contributed by atoms with Crippen LogP contribution in [0.5, 0.6) is 0 Å². The molecule has 2 aromatic rings. The van der Waals surface area contributed by atoms with Crippen molar-refractivity contribution in [1.82, 2.24) is 4.57 Å². The van der Waals surface area contributed by atoms with E-state index >= 15 is 0 Å². The maximum atomic E-state index is 12.2. The van der Waals surface area contributed by atoms with Gasteiger partial charge in [0.25, 0.3) is 0 Å². The summed E-state index contributed by atoms with van der Waals surface area (Å²) in [5.74, 6) is -0.0558. The zero-order valence-electron chi connectivity index (χ0n) is 15.4. The second kappa shape index (κ2) is 7.43. The molecule has 1 aromatic carbocycles. The normalized spacial score (nSPS) is 16.4. The fraction of sp³-hybridized carbons (Fsp3) is 0.350. The maximum Gasteiger partial charge on any atom is 0.357 e. The number of hydrogen-bond donors (Lipinski definition) is 1. The predicted molar refractivity (Wildman–Crippen MR) is 102 cm³/mol. The Kier molecular flexibility index (Phi) is 5.05. The van der Waals surface area contributed by atoms with Gasteiger partial charge in [-0.2, -0.15) is 10.5 Å². The fourth-order valence-electron chi connectivity index (χ4n) is 3.57. The molecule has 1 aromatic heterocycles. The van der Waals surface area contributed by atoms with E-state index in [2.05, 4.69) is 17.9 Å². The van der Waals surface area contributed by atoms with Crippen LogP contribution in [0.15, 0.2) is 24.4 Å². The first-order valence-corrected chi connectivity index (χ1v) is 8.78. The number of ether oxygens (including phenoxy) is 1. The Hall–Kier alpha value is -3.45. The minimum atomic E-state index is -0.638. The monoisotopic (exact) mass is 363 g/mol. The number of carbonyl (C=O) groups excluding carboxylic acids is 1. The van der Waals surface area contributed by atoms with E-state index in [9.17, 15) is 15.3 Å². The van der Waals surface area contributed by atoms with Gasteiger partial charge in [0.2, 0.25) is 0 Å². The van der Waals surface area contributed by atoms with Crippen LogP contribution in [0.25, 0.3) is 5.69 Å². The number of carbonyl (C=O) groups is 1. The molecule has 7 nitrogen and oxygen atoms in total. The van der Waals surface area contributed by atoms with Gasteiger partial charge >= 0.3 is 5.97 Å². The first-order chi connectivity index (χ1) is 13.0. The van der Waals surface area contributed by atoms with Crippen molar-refractivity contribution in [3.05, 3.63) is 41.2 Å². The molecule has 0 radical (unpaired) electrons. The van der Waals surface area contributed by atoms with E-state index in [1.54, 1.807) is 6.07 Å². The molecule has 0 bridgehead atoms. The lowest BCUT2D eigenvalue weighted by Gasteiger charge is -2.33. The van der Waals surface area contributed by atoms with Crippen molar-refractivity contribution >= 4 is 17.3 Å². The highest BCUT2D eigenvalue weighted by atomic mass is 16.5. The molecule has 0 saturated carbocycles. The van der Waals surface area contributed by atoms with Crippen LogP contribution in [-0.4, -0.2) is 30.7 Å². The third kappa shape index (κ3) is 3.32. The van der Waals surface area contributed by atoms with Crippen LogP contribution in [0.3, 0.4) is 0 Å². The number of nitrogens with zero attached hydrogens (tertiary/aromatic N) is 4. The second-order valence-corrected chi connectivity index (χ2v) is 6.79. The SMILES string of the molecule is COC(=O)c1c(N)c(C#N)cn1-c1ccc(N2CCCC(C)C2)c(C#N)c1. The van der Waals surface area contributed by atoms with E-state index in [1.165, 1.54) is 24.3 Å². The molecule has 27 heavy (non-hydrogen) atoms. The summed E-state index contributed by atoms with van der Waals surface area (Å²) in [7, 11) is 1.26. The average molecular weight is 363 g/mol. The highest BCUT2D eigenvalue weighted by Crippen LogP contribution is 2.30. The van der Waals surface area contributed by atoms with Crippen LogP contribution in [-0.2, 0) is 4.74 Å². The van der Waals surface area contributed by atoms with Crippen molar-refractivity contribution in [2.45, 2.75) is 19.8 Å². The molecule has 7 heteroatoms. The Bertz CT molecular complexity index is 964. The largest absolute Gasteiger partial charge is 0.464 e. The lowest BCUT2D eigenvalue weighted by Crippen LogP contribution is -2.34. The van der Waals surface area contributed by atoms with Crippen LogP contribution in [0, 0.1) is 28.6 Å². The molecular weight excluding hydrogens is 342 g/mol. The van der Waals surface area contributed by atoms with Crippen molar-refractivity contribution in [1.29, 1.82) is 10.5 Å². The quantitative estimate of drug-likeness (QED) is 0.840. The lowest BCUT2D eigenvalue weighted by molar-refractivity contribution is 0.0593. The molecule has 2 heterocycles. The third-order valence-electron chi connectivity index (χ3n) is 4.92. The fourth-order valence-corrected chi connectivity index (χ4v) is 3.57. The Balaban J connectivity index is 2.08. The van der Waals surface area contributed by atoms with Gasteiger partial charge in [-0.05, 0) is 37.0 Å². The van der Waals surface area contributed by atoms with Crippen LogP contribution in [0.2, 0.25) is 0 Å². The Morgan fingerprint density at radius 2 is 2.04 bits per heavy atom. The van der Waals surface area contributed by atoms with Crippen molar-refractivity contribution in [2.75, 3.05) is 30.8 Å². The first-order valence-electron chi connectivity index (χ1n) is 8.78. The lowest BCUT2D eigenvalue weighted by atomic mass is 9.99. The molecule has 1 fully saturated rings. The van der Waals surface area contributed by atoms with Gasteiger partial charge in [0.15, 0.2) is 5.69 Å². The molecule has 1 atom stereocenters. The molecule has 0 aliphatic carbocycles. The number of nitrogens with two attached hydrogens (primary N) is 1. The smallest absolute Gasteiger partial charge is 0.357 e. The second-order valence-electron chi connectivity index (χ2n) is 6.79. The molecule has 1 unspecified atom stereocenters. The van der Waals surface area contributed by atoms with Gasteiger partial charge in [0.1, 0.15) is 12.1 Å². The van der Waals surface area contributed by atoms with Gasteiger partial charge in [-0.3, -0.25) is 0 Å². The summed E-state index contributed by atoms with van der Waals surface area (Å²) in [5.41, 5.74) is 8.25. The number of hydrogen-bond acceptors (Lipinski definition) is 6. The van der Waals surface area contributed by atoms with E-state index in [0.717, 1.165) is 25.2 Å². The number of aromatic nitrogens is 1. The van der Waals surface area contributed by atoms with Crippen molar-refractivity contribution in [3.8, 4) is 17.8 Å². The summed E-state index contributed by atoms with van der Waals surface area (Å²) in [4.78, 5) is 14.4. The predicted octanol–water partition coefficient (Wildman–Crippen LogP) is 2.83. The molecule has 0 amide bonds. The summed E-state index contributed by atoms with van der Waals surface area (Å²) in [5, 5.41) is 18.9. The average Bonchev–Trinajstić information content (AvgIpc) is 3.03. The molecule has 2 N–H and O–H groups in total. The van der Waals surface area contributed by atoms with E-state index in [-0.39, 0.29) is 16.9 Å². The van der Waals surface area contributed by atoms with Crippen molar-refractivity contribution in [3.63, 3.8) is 0 Å². The third-order valence-corrected chi connectivity index (χ3v) is 4.92. The van der Waals surface area contributed by atoms with Crippen molar-refractivity contribution in [2.24, 2.45) is 5.92 Å². The Morgan fingerprint density at radius 3 is 2.67 bits per heavy atom. The molecule has 1 saturated heterocycles. The van der Waals surface area contributed by atoms with Crippen LogP contribution >= 0.6 is 0 Å². The van der Waals surface area contributed by atoms with Crippen LogP contribution in [0.4, 0.5) is 11.4 Å². The number of benzene rings is 1. The molecule has 1 aliphatic heterocycles. The standard InChI is InChI=1S/C20H21N5O2/c1-13-4-3-7-24(11-13)17-6-5-16(8-14(17)9-21)25-12-15(10-22)18(23)19(25)20(26)27-2/h5-6,8,12-13H,3-4,7,11,23H2,1-2H3. The van der Waals surface area contributed by atoms with Gasteiger partial charge in [0.05, 0.1) is 29.6 Å². The molecule has 138 valence electrons. The van der Waals surface area contributed by atoms with Gasteiger partial charge in [0, 0.05) is 25.0 Å². The maximum absolute atomic E-state index is 12.2. The Morgan fingerprint density at radius 1 is 1.30 bits per heavy atom. The number of rotatable bonds is 3. The highest BCUT2D eigenvalue weighted by molar-refractivity contribution is 5.96. The molecule has 3 rings (SSSR count).